The number of aryl methyl sites for hydroxylation is 2. The lowest BCUT2D eigenvalue weighted by Gasteiger charge is -2.17. The van der Waals surface area contributed by atoms with Crippen LogP contribution in [0.25, 0.3) is 11.3 Å². The quantitative estimate of drug-likeness (QED) is 0.542. The molecular weight excluding hydrogens is 420 g/mol. The maximum Gasteiger partial charge on any atom is 0.279 e. The molecule has 2 aromatic carbocycles. The molecule has 0 aliphatic heterocycles. The summed E-state index contributed by atoms with van der Waals surface area (Å²) >= 11 is 0. The number of hydrogen-bond acceptors (Lipinski definition) is 5. The van der Waals surface area contributed by atoms with Gasteiger partial charge in [-0.15, -0.1) is 0 Å². The molecule has 1 unspecified atom stereocenters. The normalized spacial score (nSPS) is 11.7. The number of ether oxygens (including phenoxy) is 1. The summed E-state index contributed by atoms with van der Waals surface area (Å²) in [7, 11) is 0. The molecule has 0 saturated carbocycles. The molecule has 0 fully saturated rings. The third-order valence-corrected chi connectivity index (χ3v) is 4.88. The lowest BCUT2D eigenvalue weighted by atomic mass is 10.1. The fourth-order valence-electron chi connectivity index (χ4n) is 2.89. The van der Waals surface area contributed by atoms with Crippen LogP contribution in [0.4, 0.5) is 8.78 Å². The minimum absolute atomic E-state index is 0.0633. The number of nitrogens with zero attached hydrogens (tertiary/aromatic N) is 1. The van der Waals surface area contributed by atoms with Gasteiger partial charge in [-0.05, 0) is 50.1 Å². The van der Waals surface area contributed by atoms with Gasteiger partial charge < -0.3 is 9.15 Å². The summed E-state index contributed by atoms with van der Waals surface area (Å²) in [5.74, 6) is -1.90. The van der Waals surface area contributed by atoms with Crippen LogP contribution in [-0.2, 0) is 16.0 Å². The predicted octanol–water partition coefficient (Wildman–Crippen LogP) is 3.78. The maximum absolute atomic E-state index is 13.8. The predicted molar refractivity (Wildman–Crippen MR) is 112 cm³/mol. The monoisotopic (exact) mass is 443 g/mol. The molecule has 2 amide bonds. The standard InChI is InChI=1S/C23H23F2N3O4/c1-13-6-4-9-18(14(13)2)31-15(3)23(30)28-27-20(29)10-11-21-26-12-19(32-21)22-16(24)7-5-8-17(22)25/h4-9,12,15H,10-11H2,1-3H3,(H,27,29)(H,28,30). The molecule has 168 valence electrons. The molecule has 1 heterocycles. The van der Waals surface area contributed by atoms with Crippen LogP contribution in [0.15, 0.2) is 47.0 Å². The summed E-state index contributed by atoms with van der Waals surface area (Å²) < 4.78 is 38.7. The van der Waals surface area contributed by atoms with E-state index in [1.807, 2.05) is 26.0 Å². The van der Waals surface area contributed by atoms with E-state index in [0.29, 0.717) is 5.75 Å². The molecule has 3 aromatic rings. The van der Waals surface area contributed by atoms with Crippen LogP contribution in [0, 0.1) is 25.5 Å². The molecule has 3 rings (SSSR count). The van der Waals surface area contributed by atoms with Crippen molar-refractivity contribution in [1.82, 2.24) is 15.8 Å². The van der Waals surface area contributed by atoms with Crippen molar-refractivity contribution in [3.63, 3.8) is 0 Å². The maximum atomic E-state index is 13.8. The van der Waals surface area contributed by atoms with E-state index >= 15 is 0 Å². The van der Waals surface area contributed by atoms with E-state index in [1.54, 1.807) is 13.0 Å². The SMILES string of the molecule is Cc1cccc(OC(C)C(=O)NNC(=O)CCc2ncc(-c3c(F)cccc3F)o2)c1C. The zero-order valence-electron chi connectivity index (χ0n) is 17.9. The van der Waals surface area contributed by atoms with Gasteiger partial charge in [-0.2, -0.15) is 0 Å². The smallest absolute Gasteiger partial charge is 0.279 e. The number of amides is 2. The molecule has 2 N–H and O–H groups in total. The van der Waals surface area contributed by atoms with Crippen molar-refractivity contribution < 1.29 is 27.5 Å². The third-order valence-electron chi connectivity index (χ3n) is 4.88. The van der Waals surface area contributed by atoms with E-state index in [4.69, 9.17) is 9.15 Å². The zero-order valence-corrected chi connectivity index (χ0v) is 17.9. The fourth-order valence-corrected chi connectivity index (χ4v) is 2.89. The van der Waals surface area contributed by atoms with E-state index < -0.39 is 29.6 Å². The Hall–Kier alpha value is -3.75. The summed E-state index contributed by atoms with van der Waals surface area (Å²) in [6, 6.07) is 9.01. The Morgan fingerprint density at radius 3 is 2.50 bits per heavy atom. The minimum Gasteiger partial charge on any atom is -0.481 e. The Morgan fingerprint density at radius 1 is 1.09 bits per heavy atom. The number of hydrogen-bond donors (Lipinski definition) is 2. The zero-order chi connectivity index (χ0) is 23.3. The molecule has 0 aliphatic rings. The first-order chi connectivity index (χ1) is 15.3. The largest absolute Gasteiger partial charge is 0.481 e. The molecule has 0 saturated heterocycles. The van der Waals surface area contributed by atoms with Gasteiger partial charge in [-0.3, -0.25) is 20.4 Å². The second-order valence-corrected chi connectivity index (χ2v) is 7.21. The van der Waals surface area contributed by atoms with Gasteiger partial charge in [0, 0.05) is 12.8 Å². The Balaban J connectivity index is 1.48. The molecule has 32 heavy (non-hydrogen) atoms. The number of nitrogens with one attached hydrogen (secondary N) is 2. The summed E-state index contributed by atoms with van der Waals surface area (Å²) in [5.41, 5.74) is 6.25. The molecular formula is C23H23F2N3O4. The van der Waals surface area contributed by atoms with Gasteiger partial charge in [0.2, 0.25) is 5.91 Å². The minimum atomic E-state index is -0.833. The van der Waals surface area contributed by atoms with Crippen LogP contribution in [0.3, 0.4) is 0 Å². The third kappa shape index (κ3) is 5.48. The second-order valence-electron chi connectivity index (χ2n) is 7.21. The van der Waals surface area contributed by atoms with Gasteiger partial charge >= 0.3 is 0 Å². The Kier molecular flexibility index (Phi) is 7.19. The van der Waals surface area contributed by atoms with Crippen LogP contribution in [-0.4, -0.2) is 22.9 Å². The van der Waals surface area contributed by atoms with E-state index in [1.165, 1.54) is 12.3 Å². The lowest BCUT2D eigenvalue weighted by Crippen LogP contribution is -2.47. The highest BCUT2D eigenvalue weighted by molar-refractivity contribution is 5.84. The van der Waals surface area contributed by atoms with Crippen molar-refractivity contribution >= 4 is 11.8 Å². The average Bonchev–Trinajstić information content (AvgIpc) is 3.22. The Morgan fingerprint density at radius 2 is 1.78 bits per heavy atom. The number of carbonyl (C=O) groups excluding carboxylic acids is 2. The van der Waals surface area contributed by atoms with Crippen molar-refractivity contribution in [2.45, 2.75) is 39.7 Å². The van der Waals surface area contributed by atoms with Crippen molar-refractivity contribution in [1.29, 1.82) is 0 Å². The van der Waals surface area contributed by atoms with Crippen LogP contribution in [0.5, 0.6) is 5.75 Å². The van der Waals surface area contributed by atoms with Gasteiger partial charge in [-0.25, -0.2) is 13.8 Å². The van der Waals surface area contributed by atoms with Gasteiger partial charge in [0.1, 0.15) is 17.4 Å². The highest BCUT2D eigenvalue weighted by Crippen LogP contribution is 2.26. The van der Waals surface area contributed by atoms with Crippen molar-refractivity contribution in [3.8, 4) is 17.1 Å². The lowest BCUT2D eigenvalue weighted by molar-refractivity contribution is -0.132. The van der Waals surface area contributed by atoms with Crippen molar-refractivity contribution in [2.75, 3.05) is 0 Å². The molecule has 0 spiro atoms. The summed E-state index contributed by atoms with van der Waals surface area (Å²) in [4.78, 5) is 28.2. The molecule has 0 aliphatic carbocycles. The number of halogens is 2. The average molecular weight is 443 g/mol. The Bertz CT molecular complexity index is 1110. The highest BCUT2D eigenvalue weighted by Gasteiger charge is 2.18. The number of oxazole rings is 1. The van der Waals surface area contributed by atoms with Crippen LogP contribution < -0.4 is 15.6 Å². The number of hydrazine groups is 1. The number of rotatable bonds is 7. The Labute approximate surface area is 183 Å². The fraction of sp³-hybridized carbons (Fsp3) is 0.261. The molecule has 0 bridgehead atoms. The number of benzene rings is 2. The summed E-state index contributed by atoms with van der Waals surface area (Å²) in [6.45, 7) is 5.40. The molecule has 1 atom stereocenters. The van der Waals surface area contributed by atoms with Gasteiger partial charge in [-0.1, -0.05) is 18.2 Å². The van der Waals surface area contributed by atoms with E-state index in [9.17, 15) is 18.4 Å². The van der Waals surface area contributed by atoms with Crippen LogP contribution in [0.2, 0.25) is 0 Å². The summed E-state index contributed by atoms with van der Waals surface area (Å²) in [6.07, 6.45) is 0.377. The highest BCUT2D eigenvalue weighted by atomic mass is 19.1. The topological polar surface area (TPSA) is 93.5 Å². The molecule has 1 aromatic heterocycles. The first-order valence-electron chi connectivity index (χ1n) is 9.97. The van der Waals surface area contributed by atoms with Crippen molar-refractivity contribution in [3.05, 3.63) is 71.2 Å². The van der Waals surface area contributed by atoms with Gasteiger partial charge in [0.15, 0.2) is 17.8 Å². The molecule has 0 radical (unpaired) electrons. The first-order valence-corrected chi connectivity index (χ1v) is 9.97. The van der Waals surface area contributed by atoms with Gasteiger partial charge in [0.25, 0.3) is 5.91 Å². The van der Waals surface area contributed by atoms with E-state index in [0.717, 1.165) is 23.3 Å². The molecule has 9 heteroatoms. The van der Waals surface area contributed by atoms with Crippen LogP contribution >= 0.6 is 0 Å². The van der Waals surface area contributed by atoms with Gasteiger partial charge in [0.05, 0.1) is 11.8 Å². The van der Waals surface area contributed by atoms with E-state index in [2.05, 4.69) is 15.8 Å². The van der Waals surface area contributed by atoms with Crippen molar-refractivity contribution in [2.24, 2.45) is 0 Å². The summed E-state index contributed by atoms with van der Waals surface area (Å²) in [5, 5.41) is 0. The van der Waals surface area contributed by atoms with E-state index in [-0.39, 0.29) is 30.1 Å². The molecule has 7 nitrogen and oxygen atoms in total. The first kappa shape index (κ1) is 22.9. The number of aromatic nitrogens is 1. The number of carbonyl (C=O) groups is 2. The van der Waals surface area contributed by atoms with Crippen LogP contribution in [0.1, 0.15) is 30.4 Å². The second kappa shape index (κ2) is 10.0.